The standard InChI is InChI=1S/C12H19P/c1-4-8-11-9-6-7-10-12(11)13(3)5-2/h6-7,9-10H,4-5,8H2,1-3H3. The molecule has 0 radical (unpaired) electrons. The van der Waals surface area contributed by atoms with Gasteiger partial charge in [-0.1, -0.05) is 52.5 Å². The first-order valence-electron chi connectivity index (χ1n) is 5.08. The van der Waals surface area contributed by atoms with Crippen LogP contribution in [-0.4, -0.2) is 12.8 Å². The van der Waals surface area contributed by atoms with Crippen LogP contribution in [0, 0.1) is 0 Å². The monoisotopic (exact) mass is 194 g/mol. The number of aryl methyl sites for hydroxylation is 1. The van der Waals surface area contributed by atoms with E-state index in [0.717, 1.165) is 0 Å². The molecule has 1 rings (SSSR count). The molecule has 0 saturated heterocycles. The molecule has 0 fully saturated rings. The Balaban J connectivity index is 2.90. The third-order valence-corrected chi connectivity index (χ3v) is 4.60. The van der Waals surface area contributed by atoms with E-state index in [1.807, 2.05) is 0 Å². The Morgan fingerprint density at radius 2 is 1.85 bits per heavy atom. The molecule has 0 aliphatic heterocycles. The van der Waals surface area contributed by atoms with E-state index >= 15 is 0 Å². The van der Waals surface area contributed by atoms with Gasteiger partial charge in [-0.05, 0) is 30.1 Å². The van der Waals surface area contributed by atoms with Crippen molar-refractivity contribution in [3.63, 3.8) is 0 Å². The van der Waals surface area contributed by atoms with Crippen molar-refractivity contribution in [2.45, 2.75) is 26.7 Å². The number of benzene rings is 1. The van der Waals surface area contributed by atoms with Gasteiger partial charge < -0.3 is 0 Å². The van der Waals surface area contributed by atoms with E-state index in [-0.39, 0.29) is 7.92 Å². The van der Waals surface area contributed by atoms with Crippen LogP contribution in [0.4, 0.5) is 0 Å². The van der Waals surface area contributed by atoms with E-state index in [0.29, 0.717) is 0 Å². The molecule has 0 bridgehead atoms. The summed E-state index contributed by atoms with van der Waals surface area (Å²) in [4.78, 5) is 0. The van der Waals surface area contributed by atoms with Crippen molar-refractivity contribution in [3.8, 4) is 0 Å². The highest BCUT2D eigenvalue weighted by Gasteiger charge is 2.06. The molecule has 0 aliphatic carbocycles. The van der Waals surface area contributed by atoms with E-state index in [9.17, 15) is 0 Å². The zero-order valence-electron chi connectivity index (χ0n) is 8.88. The van der Waals surface area contributed by atoms with Crippen LogP contribution in [0.3, 0.4) is 0 Å². The Morgan fingerprint density at radius 3 is 2.46 bits per heavy atom. The third kappa shape index (κ3) is 2.81. The molecule has 0 amide bonds. The minimum absolute atomic E-state index is 0.0942. The van der Waals surface area contributed by atoms with Crippen LogP contribution in [0.15, 0.2) is 24.3 Å². The SMILES string of the molecule is CCCc1ccccc1P(C)CC. The first kappa shape index (κ1) is 10.7. The quantitative estimate of drug-likeness (QED) is 0.644. The fourth-order valence-electron chi connectivity index (χ4n) is 1.53. The molecule has 1 aromatic rings. The lowest BCUT2D eigenvalue weighted by molar-refractivity contribution is 0.927. The highest BCUT2D eigenvalue weighted by Crippen LogP contribution is 2.30. The van der Waals surface area contributed by atoms with Gasteiger partial charge in [0.05, 0.1) is 0 Å². The lowest BCUT2D eigenvalue weighted by Crippen LogP contribution is -2.08. The van der Waals surface area contributed by atoms with Gasteiger partial charge in [0, 0.05) is 0 Å². The summed E-state index contributed by atoms with van der Waals surface area (Å²) in [6.07, 6.45) is 3.79. The summed E-state index contributed by atoms with van der Waals surface area (Å²) in [5.74, 6) is 0. The average Bonchev–Trinajstić information content (AvgIpc) is 2.18. The lowest BCUT2D eigenvalue weighted by Gasteiger charge is -2.14. The number of hydrogen-bond acceptors (Lipinski definition) is 0. The van der Waals surface area contributed by atoms with Gasteiger partial charge >= 0.3 is 0 Å². The van der Waals surface area contributed by atoms with Crippen LogP contribution in [0.5, 0.6) is 0 Å². The molecule has 1 atom stereocenters. The van der Waals surface area contributed by atoms with Crippen molar-refractivity contribution >= 4 is 13.2 Å². The highest BCUT2D eigenvalue weighted by atomic mass is 31.1. The van der Waals surface area contributed by atoms with Gasteiger partial charge in [-0.25, -0.2) is 0 Å². The second kappa shape index (κ2) is 5.40. The van der Waals surface area contributed by atoms with Crippen molar-refractivity contribution in [1.82, 2.24) is 0 Å². The van der Waals surface area contributed by atoms with Crippen LogP contribution in [0.25, 0.3) is 0 Å². The van der Waals surface area contributed by atoms with Crippen LogP contribution >= 0.6 is 7.92 Å². The molecule has 0 saturated carbocycles. The smallest absolute Gasteiger partial charge is 0.0211 e. The maximum atomic E-state index is 2.38. The van der Waals surface area contributed by atoms with E-state index in [2.05, 4.69) is 44.8 Å². The van der Waals surface area contributed by atoms with E-state index in [1.54, 1.807) is 10.9 Å². The first-order valence-corrected chi connectivity index (χ1v) is 7.06. The summed E-state index contributed by atoms with van der Waals surface area (Å²) in [5, 5.41) is 1.61. The topological polar surface area (TPSA) is 0 Å². The van der Waals surface area contributed by atoms with Gasteiger partial charge in [-0.2, -0.15) is 0 Å². The minimum atomic E-state index is 0.0942. The zero-order chi connectivity index (χ0) is 9.68. The van der Waals surface area contributed by atoms with Crippen LogP contribution < -0.4 is 5.30 Å². The van der Waals surface area contributed by atoms with Crippen molar-refractivity contribution in [1.29, 1.82) is 0 Å². The van der Waals surface area contributed by atoms with E-state index < -0.39 is 0 Å². The van der Waals surface area contributed by atoms with E-state index in [4.69, 9.17) is 0 Å². The van der Waals surface area contributed by atoms with Gasteiger partial charge in [0.2, 0.25) is 0 Å². The van der Waals surface area contributed by atoms with Crippen LogP contribution in [-0.2, 0) is 6.42 Å². The average molecular weight is 194 g/mol. The Kier molecular flexibility index (Phi) is 4.45. The van der Waals surface area contributed by atoms with Crippen molar-refractivity contribution < 1.29 is 0 Å². The largest absolute Gasteiger partial charge is 0.0785 e. The Bertz CT molecular complexity index is 255. The normalized spacial score (nSPS) is 12.8. The summed E-state index contributed by atoms with van der Waals surface area (Å²) >= 11 is 0. The molecule has 0 spiro atoms. The fourth-order valence-corrected chi connectivity index (χ4v) is 2.89. The number of rotatable bonds is 4. The predicted molar refractivity (Wildman–Crippen MR) is 63.5 cm³/mol. The molecule has 0 nitrogen and oxygen atoms in total. The highest BCUT2D eigenvalue weighted by molar-refractivity contribution is 7.64. The lowest BCUT2D eigenvalue weighted by atomic mass is 10.1. The number of hydrogen-bond donors (Lipinski definition) is 0. The molecular weight excluding hydrogens is 175 g/mol. The molecule has 0 heterocycles. The maximum absolute atomic E-state index is 2.38. The summed E-state index contributed by atoms with van der Waals surface area (Å²) in [5.41, 5.74) is 1.57. The summed E-state index contributed by atoms with van der Waals surface area (Å²) in [6.45, 7) is 6.92. The summed E-state index contributed by atoms with van der Waals surface area (Å²) in [6, 6.07) is 8.92. The van der Waals surface area contributed by atoms with Crippen molar-refractivity contribution in [3.05, 3.63) is 29.8 Å². The van der Waals surface area contributed by atoms with Crippen LogP contribution in [0.2, 0.25) is 0 Å². The van der Waals surface area contributed by atoms with Crippen molar-refractivity contribution in [2.75, 3.05) is 12.8 Å². The molecule has 0 aromatic heterocycles. The Labute approximate surface area is 83.1 Å². The Hall–Kier alpha value is -0.350. The zero-order valence-corrected chi connectivity index (χ0v) is 9.77. The molecule has 1 aromatic carbocycles. The molecule has 72 valence electrons. The van der Waals surface area contributed by atoms with Crippen molar-refractivity contribution in [2.24, 2.45) is 0 Å². The predicted octanol–water partition coefficient (Wildman–Crippen LogP) is 3.40. The molecule has 1 heteroatoms. The van der Waals surface area contributed by atoms with E-state index in [1.165, 1.54) is 19.0 Å². The molecule has 0 aliphatic rings. The molecule has 1 unspecified atom stereocenters. The summed E-state index contributed by atoms with van der Waals surface area (Å²) < 4.78 is 0. The second-order valence-electron chi connectivity index (χ2n) is 3.39. The third-order valence-electron chi connectivity index (χ3n) is 2.40. The molecule has 0 N–H and O–H groups in total. The van der Waals surface area contributed by atoms with Gasteiger partial charge in [0.15, 0.2) is 0 Å². The van der Waals surface area contributed by atoms with Gasteiger partial charge in [0.1, 0.15) is 0 Å². The fraction of sp³-hybridized carbons (Fsp3) is 0.500. The first-order chi connectivity index (χ1) is 6.29. The van der Waals surface area contributed by atoms with Gasteiger partial charge in [-0.3, -0.25) is 0 Å². The minimum Gasteiger partial charge on any atom is -0.0785 e. The molecular formula is C12H19P. The van der Waals surface area contributed by atoms with Gasteiger partial charge in [-0.15, -0.1) is 0 Å². The molecule has 13 heavy (non-hydrogen) atoms. The maximum Gasteiger partial charge on any atom is -0.0211 e. The van der Waals surface area contributed by atoms with Crippen LogP contribution in [0.1, 0.15) is 25.8 Å². The summed E-state index contributed by atoms with van der Waals surface area (Å²) in [7, 11) is 0.0942. The van der Waals surface area contributed by atoms with Gasteiger partial charge in [0.25, 0.3) is 0 Å². The Morgan fingerprint density at radius 1 is 1.15 bits per heavy atom. The second-order valence-corrected chi connectivity index (χ2v) is 5.90.